The van der Waals surface area contributed by atoms with Crippen LogP contribution in [0.25, 0.3) is 11.4 Å². The second-order valence-electron chi connectivity index (χ2n) is 11.6. The lowest BCUT2D eigenvalue weighted by molar-refractivity contribution is 0.0760. The van der Waals surface area contributed by atoms with Crippen molar-refractivity contribution < 1.29 is 14.3 Å². The van der Waals surface area contributed by atoms with Crippen molar-refractivity contribution in [2.75, 3.05) is 51.2 Å². The number of hydrogen-bond acceptors (Lipinski definition) is 7. The minimum atomic E-state index is -0.226. The Hall–Kier alpha value is -3.41. The molecule has 2 aliphatic heterocycles. The molecule has 0 aliphatic carbocycles. The normalized spacial score (nSPS) is 22.0. The van der Waals surface area contributed by atoms with E-state index in [9.17, 15) is 14.3 Å². The molecule has 0 spiro atoms. The van der Waals surface area contributed by atoms with Gasteiger partial charge in [0.05, 0.1) is 6.61 Å². The number of carbonyl (C=O) groups is 1. The monoisotopic (exact) mass is 564 g/mol. The summed E-state index contributed by atoms with van der Waals surface area (Å²) in [7, 11) is 1.79. The first kappa shape index (κ1) is 29.1. The molecule has 2 aliphatic rings. The minimum absolute atomic E-state index is 0.0228. The summed E-state index contributed by atoms with van der Waals surface area (Å²) in [5.74, 6) is 1.20. The van der Waals surface area contributed by atoms with E-state index in [0.29, 0.717) is 24.0 Å². The fourth-order valence-corrected chi connectivity index (χ4v) is 6.39. The van der Waals surface area contributed by atoms with E-state index in [1.165, 1.54) is 12.0 Å². The van der Waals surface area contributed by atoms with Crippen LogP contribution in [0.5, 0.6) is 0 Å². The van der Waals surface area contributed by atoms with E-state index in [4.69, 9.17) is 0 Å². The molecular formula is C30H41FN8O2. The van der Waals surface area contributed by atoms with Gasteiger partial charge < -0.3 is 25.5 Å². The van der Waals surface area contributed by atoms with Crippen LogP contribution in [0.1, 0.15) is 30.4 Å². The first-order valence-electron chi connectivity index (χ1n) is 14.6. The molecule has 2 aromatic carbocycles. The highest BCUT2D eigenvalue weighted by Crippen LogP contribution is 2.26. The first-order chi connectivity index (χ1) is 19.9. The van der Waals surface area contributed by atoms with Crippen LogP contribution in [0.15, 0.2) is 42.5 Å². The van der Waals surface area contributed by atoms with Gasteiger partial charge in [0.1, 0.15) is 5.82 Å². The van der Waals surface area contributed by atoms with Crippen molar-refractivity contribution in [2.24, 2.45) is 18.9 Å². The number of β-amino-alcohol motifs (C(OH)–C–C–N with tert-alkyl or cyclic N) is 1. The number of tetrazole rings is 1. The average Bonchev–Trinajstić information content (AvgIpc) is 3.37. The molecule has 1 aromatic heterocycles. The number of rotatable bonds is 9. The standard InChI is InChI=1S/C30H41FN8O2/c1-21-14-24(29-34-35-36-37(29)2)17-27(15-21)32-30(41)33-28-9-11-38(12-13-40)19-25(28)20-39-10-3-4-23(18-39)16-22-5-7-26(31)8-6-22/h5-8,14-15,17,23,25,28,40H,3-4,9-13,16,18-20H2,1-2H3,(H2,32,33,41)/t23?,25-,28+/m0/s1. The fraction of sp³-hybridized carbons (Fsp3) is 0.533. The van der Waals surface area contributed by atoms with Gasteiger partial charge >= 0.3 is 6.03 Å². The Kier molecular flexibility index (Phi) is 9.58. The first-order valence-corrected chi connectivity index (χ1v) is 14.6. The summed E-state index contributed by atoms with van der Waals surface area (Å²) in [6, 6.07) is 12.5. The van der Waals surface area contributed by atoms with E-state index in [1.807, 2.05) is 37.3 Å². The summed E-state index contributed by atoms with van der Waals surface area (Å²) in [5, 5.41) is 27.6. The maximum absolute atomic E-state index is 13.4. The van der Waals surface area contributed by atoms with Crippen molar-refractivity contribution in [1.82, 2.24) is 35.3 Å². The molecule has 0 radical (unpaired) electrons. The van der Waals surface area contributed by atoms with Crippen LogP contribution in [0, 0.1) is 24.6 Å². The summed E-state index contributed by atoms with van der Waals surface area (Å²) in [6.45, 7) is 7.35. The molecule has 41 heavy (non-hydrogen) atoms. The molecule has 0 bridgehead atoms. The smallest absolute Gasteiger partial charge is 0.319 e. The van der Waals surface area contributed by atoms with Crippen LogP contribution < -0.4 is 10.6 Å². The molecule has 11 heteroatoms. The van der Waals surface area contributed by atoms with E-state index in [0.717, 1.165) is 63.1 Å². The lowest BCUT2D eigenvalue weighted by Crippen LogP contribution is -2.56. The zero-order chi connectivity index (χ0) is 28.8. The molecule has 2 saturated heterocycles. The number of likely N-dealkylation sites (tertiary alicyclic amines) is 2. The van der Waals surface area contributed by atoms with Gasteiger partial charge in [0, 0.05) is 63.0 Å². The maximum Gasteiger partial charge on any atom is 0.319 e. The Balaban J connectivity index is 1.22. The van der Waals surface area contributed by atoms with Gasteiger partial charge in [-0.05, 0) is 97.0 Å². The molecule has 3 heterocycles. The third kappa shape index (κ3) is 7.87. The number of anilines is 1. The van der Waals surface area contributed by atoms with Crippen molar-refractivity contribution in [1.29, 1.82) is 0 Å². The second kappa shape index (κ2) is 13.5. The van der Waals surface area contributed by atoms with Gasteiger partial charge in [-0.3, -0.25) is 0 Å². The van der Waals surface area contributed by atoms with Gasteiger partial charge in [-0.1, -0.05) is 12.1 Å². The van der Waals surface area contributed by atoms with E-state index in [2.05, 4.69) is 36.0 Å². The molecule has 3 N–H and O–H groups in total. The topological polar surface area (TPSA) is 111 Å². The van der Waals surface area contributed by atoms with Crippen molar-refractivity contribution in [3.05, 3.63) is 59.4 Å². The molecule has 220 valence electrons. The molecule has 1 unspecified atom stereocenters. The number of nitrogens with zero attached hydrogens (tertiary/aromatic N) is 6. The van der Waals surface area contributed by atoms with Crippen LogP contribution in [0.3, 0.4) is 0 Å². The van der Waals surface area contributed by atoms with Crippen LogP contribution >= 0.6 is 0 Å². The quantitative estimate of drug-likeness (QED) is 0.366. The number of carbonyl (C=O) groups excluding carboxylic acids is 1. The number of urea groups is 1. The number of aliphatic hydroxyl groups excluding tert-OH is 1. The Labute approximate surface area is 240 Å². The van der Waals surface area contributed by atoms with E-state index < -0.39 is 0 Å². The molecule has 2 fully saturated rings. The van der Waals surface area contributed by atoms with Crippen LogP contribution in [-0.2, 0) is 13.5 Å². The number of benzene rings is 2. The summed E-state index contributed by atoms with van der Waals surface area (Å²) >= 11 is 0. The second-order valence-corrected chi connectivity index (χ2v) is 11.6. The minimum Gasteiger partial charge on any atom is -0.395 e. The van der Waals surface area contributed by atoms with Gasteiger partial charge in [0.2, 0.25) is 0 Å². The van der Waals surface area contributed by atoms with E-state index in [1.54, 1.807) is 23.9 Å². The predicted molar refractivity (Wildman–Crippen MR) is 156 cm³/mol. The molecular weight excluding hydrogens is 523 g/mol. The Morgan fingerprint density at radius 2 is 1.93 bits per heavy atom. The molecule has 3 aromatic rings. The number of aryl methyl sites for hydroxylation is 2. The maximum atomic E-state index is 13.4. The van der Waals surface area contributed by atoms with Gasteiger partial charge in [0.15, 0.2) is 5.82 Å². The third-order valence-corrected chi connectivity index (χ3v) is 8.30. The van der Waals surface area contributed by atoms with Crippen LogP contribution in [0.4, 0.5) is 14.9 Å². The Morgan fingerprint density at radius 3 is 2.68 bits per heavy atom. The van der Waals surface area contributed by atoms with Crippen LogP contribution in [0.2, 0.25) is 0 Å². The molecule has 10 nitrogen and oxygen atoms in total. The highest BCUT2D eigenvalue weighted by Gasteiger charge is 2.33. The van der Waals surface area contributed by atoms with Gasteiger partial charge in [-0.2, -0.15) is 0 Å². The summed E-state index contributed by atoms with van der Waals surface area (Å²) in [4.78, 5) is 18.0. The van der Waals surface area contributed by atoms with Crippen molar-refractivity contribution in [3.8, 4) is 11.4 Å². The largest absolute Gasteiger partial charge is 0.395 e. The van der Waals surface area contributed by atoms with Gasteiger partial charge in [-0.15, -0.1) is 5.10 Å². The number of halogens is 1. The predicted octanol–water partition coefficient (Wildman–Crippen LogP) is 3.08. The highest BCUT2D eigenvalue weighted by atomic mass is 19.1. The van der Waals surface area contributed by atoms with E-state index in [-0.39, 0.29) is 30.4 Å². The van der Waals surface area contributed by atoms with Crippen LogP contribution in [-0.4, -0.2) is 93.1 Å². The zero-order valence-electron chi connectivity index (χ0n) is 24.0. The summed E-state index contributed by atoms with van der Waals surface area (Å²) in [6.07, 6.45) is 4.08. The van der Waals surface area contributed by atoms with Crippen molar-refractivity contribution in [2.45, 2.75) is 38.6 Å². The molecule has 3 atom stereocenters. The zero-order valence-corrected chi connectivity index (χ0v) is 24.0. The van der Waals surface area contributed by atoms with Crippen molar-refractivity contribution in [3.63, 3.8) is 0 Å². The Morgan fingerprint density at radius 1 is 1.10 bits per heavy atom. The number of nitrogens with one attached hydrogen (secondary N) is 2. The fourth-order valence-electron chi connectivity index (χ4n) is 6.39. The van der Waals surface area contributed by atoms with E-state index >= 15 is 0 Å². The van der Waals surface area contributed by atoms with Crippen molar-refractivity contribution >= 4 is 11.7 Å². The number of piperidine rings is 2. The molecule has 5 rings (SSSR count). The Bertz CT molecular complexity index is 1300. The number of aliphatic hydroxyl groups is 1. The lowest BCUT2D eigenvalue weighted by atomic mass is 9.88. The molecule has 2 amide bonds. The summed E-state index contributed by atoms with van der Waals surface area (Å²) < 4.78 is 15.0. The number of amides is 2. The number of aromatic nitrogens is 4. The lowest BCUT2D eigenvalue weighted by Gasteiger charge is -2.42. The number of hydrogen-bond donors (Lipinski definition) is 3. The average molecular weight is 565 g/mol. The molecule has 0 saturated carbocycles. The summed E-state index contributed by atoms with van der Waals surface area (Å²) in [5.41, 5.74) is 3.70. The SMILES string of the molecule is Cc1cc(NC(=O)N[C@@H]2CCN(CCO)C[C@H]2CN2CCCC(Cc3ccc(F)cc3)C2)cc(-c2nnnn2C)c1. The highest BCUT2D eigenvalue weighted by molar-refractivity contribution is 5.90. The van der Waals surface area contributed by atoms with Gasteiger partial charge in [-0.25, -0.2) is 13.9 Å². The third-order valence-electron chi connectivity index (χ3n) is 8.30. The van der Waals surface area contributed by atoms with Gasteiger partial charge in [0.25, 0.3) is 0 Å².